The topological polar surface area (TPSA) is 37.3 Å². The molecule has 1 N–H and O–H groups in total. The van der Waals surface area contributed by atoms with Gasteiger partial charge in [-0.1, -0.05) is 115 Å². The zero-order chi connectivity index (χ0) is 17.3. The summed E-state index contributed by atoms with van der Waals surface area (Å²) in [7, 11) is 0. The van der Waals surface area contributed by atoms with E-state index in [0.717, 1.165) is 0 Å². The first-order chi connectivity index (χ1) is 11.1. The summed E-state index contributed by atoms with van der Waals surface area (Å²) in [5, 5.41) is 8.54. The van der Waals surface area contributed by atoms with Crippen LogP contribution in [0.5, 0.6) is 0 Å². The van der Waals surface area contributed by atoms with Gasteiger partial charge in [-0.3, -0.25) is 0 Å². The van der Waals surface area contributed by atoms with Gasteiger partial charge in [0, 0.05) is 0 Å². The monoisotopic (exact) mass is 342 g/mol. The van der Waals surface area contributed by atoms with Crippen molar-refractivity contribution in [1.82, 2.24) is 0 Å². The molecule has 0 unspecified atom stereocenters. The average Bonchev–Trinajstić information content (AvgIpc) is 2.58. The number of carbonyl (C=O) groups is 1. The van der Waals surface area contributed by atoms with E-state index in [1.165, 1.54) is 64.2 Å². The van der Waals surface area contributed by atoms with Gasteiger partial charge in [-0.2, -0.15) is 0 Å². The Bertz CT molecular complexity index is 405. The van der Waals surface area contributed by atoms with E-state index in [2.05, 4.69) is 20.4 Å². The molecule has 0 saturated carbocycles. The number of benzene rings is 1. The standard InChI is InChI=1S/C12H26.C9H8O2.Na.H/c1-3-5-7-9-11-12-10-8-6-4-2;1-7(9(10)11)8-5-3-2-4-6-8;;/h3-12H2,1-2H3;2-6H,1H2,(H,10,11);;. The molecule has 0 aromatic heterocycles. The summed E-state index contributed by atoms with van der Waals surface area (Å²) in [6, 6.07) is 8.83. The molecule has 0 amide bonds. The fourth-order valence-electron chi connectivity index (χ4n) is 2.32. The van der Waals surface area contributed by atoms with Gasteiger partial charge in [-0.15, -0.1) is 0 Å². The van der Waals surface area contributed by atoms with Crippen LogP contribution in [0.25, 0.3) is 5.57 Å². The molecule has 2 nitrogen and oxygen atoms in total. The molecule has 3 heteroatoms. The Hall–Kier alpha value is -0.570. The molecule has 0 saturated heterocycles. The summed E-state index contributed by atoms with van der Waals surface area (Å²) in [6.07, 6.45) is 14.4. The maximum absolute atomic E-state index is 10.4. The Morgan fingerprint density at radius 3 is 1.54 bits per heavy atom. The second-order valence-electron chi connectivity index (χ2n) is 5.98. The van der Waals surface area contributed by atoms with Crippen molar-refractivity contribution >= 4 is 41.1 Å². The van der Waals surface area contributed by atoms with Crippen molar-refractivity contribution in [3.8, 4) is 0 Å². The third kappa shape index (κ3) is 15.0. The molecule has 1 aromatic rings. The van der Waals surface area contributed by atoms with Crippen LogP contribution in [0.1, 0.15) is 83.6 Å². The summed E-state index contributed by atoms with van der Waals surface area (Å²) < 4.78 is 0. The quantitative estimate of drug-likeness (QED) is 0.301. The summed E-state index contributed by atoms with van der Waals surface area (Å²) in [5.74, 6) is -0.976. The van der Waals surface area contributed by atoms with Crippen LogP contribution in [0.2, 0.25) is 0 Å². The number of hydrogen-bond donors (Lipinski definition) is 1. The van der Waals surface area contributed by atoms with Gasteiger partial charge in [-0.25, -0.2) is 4.79 Å². The van der Waals surface area contributed by atoms with Gasteiger partial charge in [0.25, 0.3) is 0 Å². The normalized spacial score (nSPS) is 9.42. The minimum absolute atomic E-state index is 0. The second-order valence-corrected chi connectivity index (χ2v) is 5.98. The third-order valence-electron chi connectivity index (χ3n) is 3.84. The summed E-state index contributed by atoms with van der Waals surface area (Å²) >= 11 is 0. The molecule has 1 rings (SSSR count). The first-order valence-electron chi connectivity index (χ1n) is 9.11. The summed E-state index contributed by atoms with van der Waals surface area (Å²) in [6.45, 7) is 7.98. The molecule has 1 aromatic carbocycles. The van der Waals surface area contributed by atoms with E-state index in [1.807, 2.05) is 6.07 Å². The van der Waals surface area contributed by atoms with Gasteiger partial charge in [-0.05, 0) is 5.56 Å². The van der Waals surface area contributed by atoms with Crippen molar-refractivity contribution in [3.05, 3.63) is 42.5 Å². The predicted molar refractivity (Wildman–Crippen MR) is 108 cm³/mol. The fourth-order valence-corrected chi connectivity index (χ4v) is 2.32. The summed E-state index contributed by atoms with van der Waals surface area (Å²) in [5.41, 5.74) is 0.783. The molecule has 0 aliphatic rings. The van der Waals surface area contributed by atoms with E-state index in [0.29, 0.717) is 5.56 Å². The molecular weight excluding hydrogens is 307 g/mol. The molecule has 132 valence electrons. The van der Waals surface area contributed by atoms with Crippen LogP contribution >= 0.6 is 0 Å². The Labute approximate surface area is 171 Å². The van der Waals surface area contributed by atoms with Crippen molar-refractivity contribution < 1.29 is 9.90 Å². The molecule has 0 bridgehead atoms. The van der Waals surface area contributed by atoms with E-state index < -0.39 is 5.97 Å². The van der Waals surface area contributed by atoms with Crippen molar-refractivity contribution in [1.29, 1.82) is 0 Å². The summed E-state index contributed by atoms with van der Waals surface area (Å²) in [4.78, 5) is 10.4. The number of hydrogen-bond acceptors (Lipinski definition) is 1. The van der Waals surface area contributed by atoms with Gasteiger partial charge in [0.1, 0.15) is 0 Å². The number of carboxylic acid groups (broad SMARTS) is 1. The molecule has 0 heterocycles. The van der Waals surface area contributed by atoms with Crippen LogP contribution in [0.15, 0.2) is 36.9 Å². The van der Waals surface area contributed by atoms with Crippen LogP contribution in [0.3, 0.4) is 0 Å². The Balaban J connectivity index is 0. The van der Waals surface area contributed by atoms with Crippen LogP contribution in [-0.2, 0) is 4.79 Å². The fraction of sp³-hybridized carbons (Fsp3) is 0.571. The van der Waals surface area contributed by atoms with E-state index >= 15 is 0 Å². The first-order valence-corrected chi connectivity index (χ1v) is 9.11. The van der Waals surface area contributed by atoms with Gasteiger partial charge in [0.15, 0.2) is 0 Å². The molecule has 0 aliphatic carbocycles. The zero-order valence-corrected chi connectivity index (χ0v) is 15.0. The van der Waals surface area contributed by atoms with E-state index in [-0.39, 0.29) is 35.1 Å². The Morgan fingerprint density at radius 2 is 1.21 bits per heavy atom. The molecule has 0 aliphatic heterocycles. The van der Waals surface area contributed by atoms with Crippen molar-refractivity contribution in [3.63, 3.8) is 0 Å². The van der Waals surface area contributed by atoms with Crippen LogP contribution < -0.4 is 0 Å². The van der Waals surface area contributed by atoms with Crippen LogP contribution in [0.4, 0.5) is 0 Å². The van der Waals surface area contributed by atoms with E-state index in [4.69, 9.17) is 5.11 Å². The number of carboxylic acids is 1. The van der Waals surface area contributed by atoms with Gasteiger partial charge < -0.3 is 5.11 Å². The molecule has 0 spiro atoms. The molecule has 0 radical (unpaired) electrons. The first kappa shape index (κ1) is 25.7. The molecular formula is C21H35NaO2. The van der Waals surface area contributed by atoms with Gasteiger partial charge in [0.2, 0.25) is 0 Å². The number of aliphatic carboxylic acids is 1. The predicted octanol–water partition coefficient (Wildman–Crippen LogP) is 6.06. The Kier molecular flexibility index (Phi) is 20.1. The van der Waals surface area contributed by atoms with Gasteiger partial charge in [0.05, 0.1) is 5.57 Å². The third-order valence-corrected chi connectivity index (χ3v) is 3.84. The SMILES string of the molecule is C=C(C(=O)O)c1ccccc1.CCCCCCCCCCCC.[NaH]. The minimum atomic E-state index is -0.976. The molecule has 0 fully saturated rings. The maximum atomic E-state index is 10.4. The molecule has 24 heavy (non-hydrogen) atoms. The second kappa shape index (κ2) is 18.8. The van der Waals surface area contributed by atoms with E-state index in [1.54, 1.807) is 24.3 Å². The van der Waals surface area contributed by atoms with Crippen molar-refractivity contribution in [2.75, 3.05) is 0 Å². The van der Waals surface area contributed by atoms with Crippen LogP contribution in [0, 0.1) is 0 Å². The van der Waals surface area contributed by atoms with Crippen molar-refractivity contribution in [2.24, 2.45) is 0 Å². The Morgan fingerprint density at radius 1 is 0.833 bits per heavy atom. The van der Waals surface area contributed by atoms with Crippen LogP contribution in [-0.4, -0.2) is 40.6 Å². The number of rotatable bonds is 11. The zero-order valence-electron chi connectivity index (χ0n) is 15.0. The van der Waals surface area contributed by atoms with Crippen molar-refractivity contribution in [2.45, 2.75) is 78.1 Å². The molecule has 0 atom stereocenters. The average molecular weight is 342 g/mol. The van der Waals surface area contributed by atoms with Gasteiger partial charge >= 0.3 is 35.5 Å². The van der Waals surface area contributed by atoms with E-state index in [9.17, 15) is 4.79 Å². The number of unbranched alkanes of at least 4 members (excludes halogenated alkanes) is 9.